The molecule has 6 nitrogen and oxygen atoms in total. The Hall–Kier alpha value is -3.77. The van der Waals surface area contributed by atoms with Crippen molar-refractivity contribution in [3.8, 4) is 5.75 Å². The Bertz CT molecular complexity index is 1560. The van der Waals surface area contributed by atoms with E-state index in [1.165, 1.54) is 31.1 Å². The van der Waals surface area contributed by atoms with Crippen LogP contribution in [0.25, 0.3) is 10.9 Å². The molecular weight excluding hydrogens is 548 g/mol. The molecule has 0 fully saturated rings. The summed E-state index contributed by atoms with van der Waals surface area (Å²) < 4.78 is 12.8. The normalized spacial score (nSPS) is 12.6. The van der Waals surface area contributed by atoms with Gasteiger partial charge in [-0.2, -0.15) is 0 Å². The molecule has 7 heteroatoms. The molecular formula is C35H41ClN2O4. The molecule has 1 heterocycles. The molecule has 4 aromatic rings. The lowest BCUT2D eigenvalue weighted by Crippen LogP contribution is -2.26. The minimum atomic E-state index is -0.774. The van der Waals surface area contributed by atoms with Crippen molar-refractivity contribution >= 4 is 34.4 Å². The van der Waals surface area contributed by atoms with E-state index in [-0.39, 0.29) is 11.9 Å². The summed E-state index contributed by atoms with van der Waals surface area (Å²) in [6.45, 7) is 10.8. The van der Waals surface area contributed by atoms with Gasteiger partial charge in [0.25, 0.3) is 5.91 Å². The van der Waals surface area contributed by atoms with Crippen LogP contribution in [-0.2, 0) is 28.9 Å². The highest BCUT2D eigenvalue weighted by atomic mass is 35.5. The fourth-order valence-electron chi connectivity index (χ4n) is 5.39. The predicted molar refractivity (Wildman–Crippen MR) is 170 cm³/mol. The minimum Gasteiger partial charge on any atom is -0.477 e. The largest absolute Gasteiger partial charge is 0.477 e. The smallest absolute Gasteiger partial charge is 0.346 e. The first-order valence-electron chi connectivity index (χ1n) is 14.7. The molecule has 0 aliphatic rings. The number of hydrogen-bond donors (Lipinski definition) is 1. The van der Waals surface area contributed by atoms with Crippen LogP contribution in [0, 0.1) is 6.92 Å². The van der Waals surface area contributed by atoms with E-state index in [9.17, 15) is 9.59 Å². The van der Waals surface area contributed by atoms with Gasteiger partial charge in [0.05, 0.1) is 18.2 Å². The summed E-state index contributed by atoms with van der Waals surface area (Å²) in [6, 6.07) is 20.0. The number of esters is 1. The summed E-state index contributed by atoms with van der Waals surface area (Å²) in [7, 11) is 1.33. The fraction of sp³-hybridized carbons (Fsp3) is 0.371. The number of methoxy groups -OCH3 is 1. The molecule has 1 aromatic heterocycles. The number of unbranched alkanes of at least 4 members (excludes halogenated alkanes) is 1. The van der Waals surface area contributed by atoms with Gasteiger partial charge in [0.2, 0.25) is 0 Å². The molecule has 3 aromatic carbocycles. The van der Waals surface area contributed by atoms with Crippen LogP contribution in [0.5, 0.6) is 5.75 Å². The van der Waals surface area contributed by atoms with Crippen molar-refractivity contribution in [1.82, 2.24) is 9.88 Å². The summed E-state index contributed by atoms with van der Waals surface area (Å²) in [5.74, 6) is -0.123. The van der Waals surface area contributed by atoms with E-state index in [0.717, 1.165) is 40.7 Å². The standard InChI is InChI=1S/C35H41ClN2O4/c1-7-9-10-25-11-14-27(15-12-25)22(3)37-34(39)28-16-17-29-30(23(4)38(8-2)32(29)21-28)19-26-13-18-31(36)33(20-26)42-24(5)35(40)41-6/h11-18,20-22,24H,7-10,19H2,1-6H3,(H,37,39)/t22-,24+/m0/s1. The van der Waals surface area contributed by atoms with Crippen LogP contribution in [0.3, 0.4) is 0 Å². The molecule has 2 atom stereocenters. The first-order valence-corrected chi connectivity index (χ1v) is 15.1. The number of amides is 1. The number of carbonyl (C=O) groups is 2. The zero-order valence-electron chi connectivity index (χ0n) is 25.4. The van der Waals surface area contributed by atoms with Gasteiger partial charge in [-0.15, -0.1) is 0 Å². The molecule has 0 saturated heterocycles. The van der Waals surface area contributed by atoms with Gasteiger partial charge in [-0.05, 0) is 93.5 Å². The second kappa shape index (κ2) is 13.9. The van der Waals surface area contributed by atoms with Gasteiger partial charge in [-0.3, -0.25) is 4.79 Å². The number of nitrogens with one attached hydrogen (secondary N) is 1. The highest BCUT2D eigenvalue weighted by molar-refractivity contribution is 6.32. The lowest BCUT2D eigenvalue weighted by atomic mass is 10.0. The maximum Gasteiger partial charge on any atom is 0.346 e. The maximum atomic E-state index is 13.3. The van der Waals surface area contributed by atoms with E-state index < -0.39 is 12.1 Å². The number of aryl methyl sites for hydroxylation is 2. The van der Waals surface area contributed by atoms with Gasteiger partial charge in [0.15, 0.2) is 6.10 Å². The van der Waals surface area contributed by atoms with E-state index in [2.05, 4.69) is 54.9 Å². The monoisotopic (exact) mass is 588 g/mol. The van der Waals surface area contributed by atoms with Crippen LogP contribution >= 0.6 is 11.6 Å². The second-order valence-corrected chi connectivity index (χ2v) is 11.2. The van der Waals surface area contributed by atoms with Crippen LogP contribution in [-0.4, -0.2) is 29.7 Å². The van der Waals surface area contributed by atoms with Gasteiger partial charge in [-0.25, -0.2) is 4.79 Å². The van der Waals surface area contributed by atoms with Crippen molar-refractivity contribution in [3.05, 3.63) is 99.2 Å². The second-order valence-electron chi connectivity index (χ2n) is 10.8. The maximum absolute atomic E-state index is 13.3. The Morgan fingerprint density at radius 1 is 0.976 bits per heavy atom. The fourth-order valence-corrected chi connectivity index (χ4v) is 5.56. The summed E-state index contributed by atoms with van der Waals surface area (Å²) in [5.41, 5.74) is 7.39. The minimum absolute atomic E-state index is 0.0956. The van der Waals surface area contributed by atoms with E-state index in [1.807, 2.05) is 37.3 Å². The molecule has 1 N–H and O–H groups in total. The molecule has 0 aliphatic heterocycles. The quantitative estimate of drug-likeness (QED) is 0.170. The Morgan fingerprint density at radius 2 is 1.69 bits per heavy atom. The number of ether oxygens (including phenoxy) is 2. The van der Waals surface area contributed by atoms with Gasteiger partial charge < -0.3 is 19.4 Å². The number of rotatable bonds is 12. The number of aromatic nitrogens is 1. The molecule has 4 rings (SSSR count). The van der Waals surface area contributed by atoms with Gasteiger partial charge in [0.1, 0.15) is 5.75 Å². The van der Waals surface area contributed by atoms with Crippen molar-refractivity contribution < 1.29 is 19.1 Å². The lowest BCUT2D eigenvalue weighted by Gasteiger charge is -2.15. The average Bonchev–Trinajstić information content (AvgIpc) is 3.26. The van der Waals surface area contributed by atoms with Crippen LogP contribution in [0.4, 0.5) is 0 Å². The van der Waals surface area contributed by atoms with Crippen LogP contribution in [0.15, 0.2) is 60.7 Å². The number of fused-ring (bicyclic) bond motifs is 1. The van der Waals surface area contributed by atoms with E-state index in [4.69, 9.17) is 21.1 Å². The topological polar surface area (TPSA) is 69.6 Å². The number of nitrogens with zero attached hydrogens (tertiary/aromatic N) is 1. The first-order chi connectivity index (χ1) is 20.2. The lowest BCUT2D eigenvalue weighted by molar-refractivity contribution is -0.147. The third-order valence-corrected chi connectivity index (χ3v) is 8.21. The van der Waals surface area contributed by atoms with Crippen LogP contribution in [0.1, 0.15) is 84.9 Å². The van der Waals surface area contributed by atoms with E-state index >= 15 is 0 Å². The average molecular weight is 589 g/mol. The molecule has 42 heavy (non-hydrogen) atoms. The molecule has 0 saturated carbocycles. The molecule has 0 radical (unpaired) electrons. The number of hydrogen-bond acceptors (Lipinski definition) is 4. The highest BCUT2D eigenvalue weighted by Gasteiger charge is 2.20. The molecule has 0 aliphatic carbocycles. The van der Waals surface area contributed by atoms with Crippen LogP contribution < -0.4 is 10.1 Å². The number of benzene rings is 3. The first kappa shape index (κ1) is 31.2. The zero-order chi connectivity index (χ0) is 30.4. The van der Waals surface area contributed by atoms with Gasteiger partial charge >= 0.3 is 5.97 Å². The van der Waals surface area contributed by atoms with E-state index in [0.29, 0.717) is 22.8 Å². The summed E-state index contributed by atoms with van der Waals surface area (Å²) in [6.07, 6.45) is 3.31. The molecule has 222 valence electrons. The van der Waals surface area contributed by atoms with Gasteiger partial charge in [-0.1, -0.05) is 61.3 Å². The molecule has 1 amide bonds. The van der Waals surface area contributed by atoms with Crippen molar-refractivity contribution in [3.63, 3.8) is 0 Å². The third-order valence-electron chi connectivity index (χ3n) is 7.89. The zero-order valence-corrected chi connectivity index (χ0v) is 26.2. The SMILES string of the molecule is CCCCc1ccc([C@H](C)NC(=O)c2ccc3c(Cc4ccc(Cl)c(O[C@H](C)C(=O)OC)c4)c(C)n(CC)c3c2)cc1. The summed E-state index contributed by atoms with van der Waals surface area (Å²) in [5, 5.41) is 4.70. The molecule has 0 unspecified atom stereocenters. The number of halogens is 1. The Balaban J connectivity index is 1.56. The van der Waals surface area contributed by atoms with Crippen molar-refractivity contribution in [2.45, 2.75) is 79.0 Å². The van der Waals surface area contributed by atoms with Crippen molar-refractivity contribution in [1.29, 1.82) is 0 Å². The van der Waals surface area contributed by atoms with E-state index in [1.54, 1.807) is 13.0 Å². The molecule has 0 spiro atoms. The third kappa shape index (κ3) is 6.99. The van der Waals surface area contributed by atoms with Crippen molar-refractivity contribution in [2.24, 2.45) is 0 Å². The van der Waals surface area contributed by atoms with Crippen LogP contribution in [0.2, 0.25) is 5.02 Å². The number of carbonyl (C=O) groups excluding carboxylic acids is 2. The highest BCUT2D eigenvalue weighted by Crippen LogP contribution is 2.32. The molecule has 0 bridgehead atoms. The Kier molecular flexibility index (Phi) is 10.3. The van der Waals surface area contributed by atoms with Crippen molar-refractivity contribution in [2.75, 3.05) is 7.11 Å². The summed E-state index contributed by atoms with van der Waals surface area (Å²) >= 11 is 6.37. The predicted octanol–water partition coefficient (Wildman–Crippen LogP) is 7.99. The summed E-state index contributed by atoms with van der Waals surface area (Å²) in [4.78, 5) is 25.2. The van der Waals surface area contributed by atoms with Gasteiger partial charge in [0, 0.05) is 28.7 Å². The Morgan fingerprint density at radius 3 is 2.36 bits per heavy atom. The Labute approximate surface area is 254 Å².